The molecule has 30 heavy (non-hydrogen) atoms. The van der Waals surface area contributed by atoms with Crippen LogP contribution >= 0.6 is 0 Å². The van der Waals surface area contributed by atoms with Crippen LogP contribution in [0.3, 0.4) is 0 Å². The van der Waals surface area contributed by atoms with E-state index in [9.17, 15) is 13.2 Å². The lowest BCUT2D eigenvalue weighted by Crippen LogP contribution is -2.49. The van der Waals surface area contributed by atoms with Crippen molar-refractivity contribution in [1.29, 1.82) is 0 Å². The molecule has 0 bridgehead atoms. The summed E-state index contributed by atoms with van der Waals surface area (Å²) in [5, 5.41) is 0. The van der Waals surface area contributed by atoms with E-state index < -0.39 is 22.0 Å². The molecule has 1 atom stereocenters. The zero-order valence-electron chi connectivity index (χ0n) is 16.6. The van der Waals surface area contributed by atoms with Crippen molar-refractivity contribution in [3.63, 3.8) is 0 Å². The van der Waals surface area contributed by atoms with Gasteiger partial charge >= 0.3 is 5.97 Å². The Kier molecular flexibility index (Phi) is 5.69. The Hall–Kier alpha value is -2.97. The normalized spacial score (nSPS) is 16.8. The number of hydrogen-bond acceptors (Lipinski definition) is 5. The van der Waals surface area contributed by atoms with Gasteiger partial charge in [0, 0.05) is 18.7 Å². The van der Waals surface area contributed by atoms with Gasteiger partial charge in [0.05, 0.1) is 31.4 Å². The maximum atomic E-state index is 13.2. The summed E-state index contributed by atoms with van der Waals surface area (Å²) in [6, 6.07) is 17.9. The number of esters is 1. The van der Waals surface area contributed by atoms with E-state index in [1.807, 2.05) is 41.0 Å². The highest BCUT2D eigenvalue weighted by atomic mass is 32.2. The van der Waals surface area contributed by atoms with Crippen LogP contribution in [0, 0.1) is 0 Å². The molecule has 7 nitrogen and oxygen atoms in total. The van der Waals surface area contributed by atoms with E-state index in [1.165, 1.54) is 11.4 Å². The lowest BCUT2D eigenvalue weighted by molar-refractivity contribution is -0.145. The predicted molar refractivity (Wildman–Crippen MR) is 112 cm³/mol. The molecule has 4 rings (SSSR count). The van der Waals surface area contributed by atoms with Crippen molar-refractivity contribution in [3.8, 4) is 0 Å². The van der Waals surface area contributed by atoms with Crippen LogP contribution in [0.2, 0.25) is 0 Å². The van der Waals surface area contributed by atoms with Crippen molar-refractivity contribution in [1.82, 2.24) is 13.9 Å². The molecule has 1 aromatic heterocycles. The Morgan fingerprint density at radius 2 is 1.70 bits per heavy atom. The molecular formula is C22H23N3O4S. The highest BCUT2D eigenvalue weighted by Gasteiger charge is 2.41. The monoisotopic (exact) mass is 425 g/mol. The first-order valence-corrected chi connectivity index (χ1v) is 11.3. The molecule has 0 unspecified atom stereocenters. The number of hydrogen-bond donors (Lipinski definition) is 0. The van der Waals surface area contributed by atoms with E-state index in [2.05, 4.69) is 4.98 Å². The molecule has 0 spiro atoms. The third kappa shape index (κ3) is 4.15. The van der Waals surface area contributed by atoms with Crippen molar-refractivity contribution < 1.29 is 17.9 Å². The van der Waals surface area contributed by atoms with Crippen LogP contribution in [0.5, 0.6) is 0 Å². The molecular weight excluding hydrogens is 402 g/mol. The van der Waals surface area contributed by atoms with Gasteiger partial charge in [0.25, 0.3) is 0 Å². The molecule has 1 aliphatic heterocycles. The summed E-state index contributed by atoms with van der Waals surface area (Å²) in [4.78, 5) is 17.0. The summed E-state index contributed by atoms with van der Waals surface area (Å²) in [6.45, 7) is 0.653. The van der Waals surface area contributed by atoms with Crippen LogP contribution in [0.1, 0.15) is 22.5 Å². The van der Waals surface area contributed by atoms with Crippen molar-refractivity contribution in [2.75, 3.05) is 7.11 Å². The number of benzene rings is 2. The maximum absolute atomic E-state index is 13.2. The molecule has 3 aromatic rings. The van der Waals surface area contributed by atoms with Crippen LogP contribution in [-0.4, -0.2) is 41.4 Å². The van der Waals surface area contributed by atoms with Gasteiger partial charge in [-0.2, -0.15) is 4.31 Å². The van der Waals surface area contributed by atoms with Gasteiger partial charge in [-0.15, -0.1) is 0 Å². The first-order chi connectivity index (χ1) is 14.5. The average molecular weight is 426 g/mol. The van der Waals surface area contributed by atoms with Crippen molar-refractivity contribution >= 4 is 16.0 Å². The fraction of sp³-hybridized carbons (Fsp3) is 0.273. The Morgan fingerprint density at radius 3 is 2.33 bits per heavy atom. The summed E-state index contributed by atoms with van der Waals surface area (Å²) in [5.74, 6) is -0.744. The van der Waals surface area contributed by atoms with Crippen molar-refractivity contribution in [2.45, 2.75) is 31.3 Å². The van der Waals surface area contributed by atoms with Gasteiger partial charge in [-0.05, 0) is 11.1 Å². The third-order valence-corrected chi connectivity index (χ3v) is 7.09. The molecule has 1 aliphatic rings. The summed E-state index contributed by atoms with van der Waals surface area (Å²) < 4.78 is 34.5. The Morgan fingerprint density at radius 1 is 1.07 bits per heavy atom. The Balaban J connectivity index is 1.64. The van der Waals surface area contributed by atoms with Gasteiger partial charge in [-0.25, -0.2) is 13.4 Å². The minimum absolute atomic E-state index is 0.0477. The summed E-state index contributed by atoms with van der Waals surface area (Å²) in [6.07, 6.45) is 1.93. The minimum Gasteiger partial charge on any atom is -0.468 e. The molecule has 8 heteroatoms. The predicted octanol–water partition coefficient (Wildman–Crippen LogP) is 2.36. The largest absolute Gasteiger partial charge is 0.468 e. The fourth-order valence-electron chi connectivity index (χ4n) is 3.77. The molecule has 0 aliphatic carbocycles. The summed E-state index contributed by atoms with van der Waals surface area (Å²) in [5.41, 5.74) is 3.30. The van der Waals surface area contributed by atoms with Gasteiger partial charge in [-0.3, -0.25) is 4.79 Å². The SMILES string of the molecule is COC(=O)[C@H]1Cc2c(ncn2Cc2ccccc2)CN1S(=O)(=O)Cc1ccccc1. The van der Waals surface area contributed by atoms with Crippen LogP contribution in [0.15, 0.2) is 67.0 Å². The number of fused-ring (bicyclic) bond motifs is 1. The zero-order valence-corrected chi connectivity index (χ0v) is 17.5. The number of rotatable bonds is 6. The number of sulfonamides is 1. The smallest absolute Gasteiger partial charge is 0.324 e. The van der Waals surface area contributed by atoms with E-state index >= 15 is 0 Å². The second-order valence-electron chi connectivity index (χ2n) is 7.28. The minimum atomic E-state index is -3.75. The van der Waals surface area contributed by atoms with Gasteiger partial charge in [-0.1, -0.05) is 60.7 Å². The van der Waals surface area contributed by atoms with E-state index in [0.29, 0.717) is 17.8 Å². The van der Waals surface area contributed by atoms with Crippen LogP contribution in [0.25, 0.3) is 0 Å². The second kappa shape index (κ2) is 8.41. The van der Waals surface area contributed by atoms with E-state index in [-0.39, 0.29) is 18.7 Å². The quantitative estimate of drug-likeness (QED) is 0.567. The molecule has 0 saturated heterocycles. The van der Waals surface area contributed by atoms with Gasteiger partial charge < -0.3 is 9.30 Å². The highest BCUT2D eigenvalue weighted by Crippen LogP contribution is 2.28. The van der Waals surface area contributed by atoms with Gasteiger partial charge in [0.1, 0.15) is 6.04 Å². The molecule has 2 heterocycles. The van der Waals surface area contributed by atoms with Crippen molar-refractivity contribution in [2.24, 2.45) is 0 Å². The van der Waals surface area contributed by atoms with Crippen LogP contribution < -0.4 is 0 Å². The summed E-state index contributed by atoms with van der Waals surface area (Å²) in [7, 11) is -2.47. The standard InChI is InChI=1S/C22H23N3O4S/c1-29-22(26)21-12-20-19(23-16-24(20)13-17-8-4-2-5-9-17)14-25(21)30(27,28)15-18-10-6-3-7-11-18/h2-11,16,21H,12-15H2,1H3/t21-/m1/s1. The van der Waals surface area contributed by atoms with Crippen molar-refractivity contribution in [3.05, 3.63) is 89.5 Å². The number of aromatic nitrogens is 2. The molecule has 0 N–H and O–H groups in total. The Labute approximate surface area is 176 Å². The molecule has 0 radical (unpaired) electrons. The van der Waals surface area contributed by atoms with Gasteiger partial charge in [0.2, 0.25) is 10.0 Å². The van der Waals surface area contributed by atoms with E-state index in [0.717, 1.165) is 11.3 Å². The van der Waals surface area contributed by atoms with E-state index in [1.54, 1.807) is 30.6 Å². The molecule has 0 fully saturated rings. The van der Waals surface area contributed by atoms with Gasteiger partial charge in [0.15, 0.2) is 0 Å². The topological polar surface area (TPSA) is 81.5 Å². The molecule has 0 saturated carbocycles. The number of nitrogens with zero attached hydrogens (tertiary/aromatic N) is 3. The number of ether oxygens (including phenoxy) is 1. The number of carbonyl (C=O) groups excluding carboxylic acids is 1. The maximum Gasteiger partial charge on any atom is 0.324 e. The first kappa shape index (κ1) is 20.3. The Bertz CT molecular complexity index is 1130. The lowest BCUT2D eigenvalue weighted by Gasteiger charge is -2.33. The first-order valence-electron chi connectivity index (χ1n) is 9.66. The third-order valence-electron chi connectivity index (χ3n) is 5.29. The fourth-order valence-corrected chi connectivity index (χ4v) is 5.42. The van der Waals surface area contributed by atoms with Crippen LogP contribution in [0.4, 0.5) is 0 Å². The molecule has 0 amide bonds. The van der Waals surface area contributed by atoms with E-state index in [4.69, 9.17) is 4.74 Å². The van der Waals surface area contributed by atoms with Crippen LogP contribution in [-0.2, 0) is 44.8 Å². The lowest BCUT2D eigenvalue weighted by atomic mass is 10.0. The number of methoxy groups -OCH3 is 1. The highest BCUT2D eigenvalue weighted by molar-refractivity contribution is 7.88. The summed E-state index contributed by atoms with van der Waals surface area (Å²) >= 11 is 0. The average Bonchev–Trinajstić information content (AvgIpc) is 3.15. The number of carbonyl (C=O) groups is 1. The zero-order chi connectivity index (χ0) is 21.1. The molecule has 156 valence electrons. The molecule has 2 aromatic carbocycles. The number of imidazole rings is 1. The second-order valence-corrected chi connectivity index (χ2v) is 9.20.